The van der Waals surface area contributed by atoms with Crippen molar-refractivity contribution in [3.05, 3.63) is 65.7 Å². The van der Waals surface area contributed by atoms with E-state index in [1.807, 2.05) is 32.0 Å². The Kier molecular flexibility index (Phi) is 5.14. The van der Waals surface area contributed by atoms with Gasteiger partial charge in [0.2, 0.25) is 0 Å². The molecule has 0 spiro atoms. The van der Waals surface area contributed by atoms with Gasteiger partial charge in [-0.1, -0.05) is 24.3 Å². The second-order valence-electron chi connectivity index (χ2n) is 6.37. The largest absolute Gasteiger partial charge is 0.372 e. The molecule has 1 saturated heterocycles. The average molecular weight is 338 g/mol. The lowest BCUT2D eigenvalue weighted by atomic mass is 10.1. The zero-order valence-electron chi connectivity index (χ0n) is 14.4. The van der Waals surface area contributed by atoms with Crippen LogP contribution in [0.2, 0.25) is 0 Å². The van der Waals surface area contributed by atoms with Crippen molar-refractivity contribution in [1.29, 1.82) is 0 Å². The summed E-state index contributed by atoms with van der Waals surface area (Å²) in [5, 5.41) is 2.84. The molecule has 2 amide bonds. The number of hydrogen-bond donors (Lipinski definition) is 1. The van der Waals surface area contributed by atoms with Crippen molar-refractivity contribution >= 4 is 17.5 Å². The van der Waals surface area contributed by atoms with Gasteiger partial charge >= 0.3 is 0 Å². The maximum atomic E-state index is 12.8. The van der Waals surface area contributed by atoms with Crippen LogP contribution in [0.5, 0.6) is 0 Å². The predicted molar refractivity (Wildman–Crippen MR) is 96.7 cm³/mol. The topological polar surface area (TPSA) is 58.6 Å². The number of benzene rings is 2. The van der Waals surface area contributed by atoms with Gasteiger partial charge in [-0.05, 0) is 44.2 Å². The van der Waals surface area contributed by atoms with Gasteiger partial charge in [0.15, 0.2) is 0 Å². The van der Waals surface area contributed by atoms with E-state index in [9.17, 15) is 9.59 Å². The number of rotatable bonds is 3. The second-order valence-corrected chi connectivity index (χ2v) is 6.37. The van der Waals surface area contributed by atoms with Crippen LogP contribution in [0.4, 0.5) is 5.69 Å². The third kappa shape index (κ3) is 4.25. The number of anilines is 1. The number of carbonyl (C=O) groups is 2. The van der Waals surface area contributed by atoms with Gasteiger partial charge in [0.1, 0.15) is 0 Å². The fourth-order valence-electron chi connectivity index (χ4n) is 3.05. The molecule has 1 heterocycles. The first-order valence-electron chi connectivity index (χ1n) is 8.44. The van der Waals surface area contributed by atoms with Crippen LogP contribution >= 0.6 is 0 Å². The molecule has 25 heavy (non-hydrogen) atoms. The summed E-state index contributed by atoms with van der Waals surface area (Å²) in [7, 11) is 0. The molecular weight excluding hydrogens is 316 g/mol. The molecule has 1 N–H and O–H groups in total. The van der Waals surface area contributed by atoms with Crippen LogP contribution in [0.1, 0.15) is 34.6 Å². The maximum absolute atomic E-state index is 12.8. The minimum absolute atomic E-state index is 0.0219. The van der Waals surface area contributed by atoms with Gasteiger partial charge in [-0.2, -0.15) is 0 Å². The van der Waals surface area contributed by atoms with Crippen LogP contribution < -0.4 is 5.32 Å². The van der Waals surface area contributed by atoms with Crippen LogP contribution in [0.25, 0.3) is 0 Å². The maximum Gasteiger partial charge on any atom is 0.255 e. The molecule has 5 nitrogen and oxygen atoms in total. The Bertz CT molecular complexity index is 751. The molecule has 2 unspecified atom stereocenters. The number of nitrogens with zero attached hydrogens (tertiary/aromatic N) is 1. The van der Waals surface area contributed by atoms with Gasteiger partial charge in [0.05, 0.1) is 12.2 Å². The fourth-order valence-corrected chi connectivity index (χ4v) is 3.05. The lowest BCUT2D eigenvalue weighted by molar-refractivity contribution is -0.0586. The monoisotopic (exact) mass is 338 g/mol. The van der Waals surface area contributed by atoms with E-state index >= 15 is 0 Å². The predicted octanol–water partition coefficient (Wildman–Crippen LogP) is 3.19. The summed E-state index contributed by atoms with van der Waals surface area (Å²) in [5.74, 6) is -0.239. The molecule has 0 aromatic heterocycles. The first-order chi connectivity index (χ1) is 12.0. The van der Waals surface area contributed by atoms with E-state index in [0.29, 0.717) is 29.9 Å². The van der Waals surface area contributed by atoms with Gasteiger partial charge in [-0.3, -0.25) is 9.59 Å². The number of hydrogen-bond acceptors (Lipinski definition) is 3. The van der Waals surface area contributed by atoms with E-state index in [-0.39, 0.29) is 24.0 Å². The van der Waals surface area contributed by atoms with E-state index in [1.54, 1.807) is 41.3 Å². The molecule has 0 aliphatic carbocycles. The number of nitrogens with one attached hydrogen (secondary N) is 1. The summed E-state index contributed by atoms with van der Waals surface area (Å²) in [4.78, 5) is 26.8. The molecule has 5 heteroatoms. The molecule has 1 aliphatic heterocycles. The van der Waals surface area contributed by atoms with E-state index in [1.165, 1.54) is 0 Å². The highest BCUT2D eigenvalue weighted by Gasteiger charge is 2.26. The Balaban J connectivity index is 1.73. The second kappa shape index (κ2) is 7.49. The van der Waals surface area contributed by atoms with Crippen molar-refractivity contribution in [2.45, 2.75) is 26.1 Å². The fraction of sp³-hybridized carbons (Fsp3) is 0.300. The highest BCUT2D eigenvalue weighted by atomic mass is 16.5. The Labute approximate surface area is 147 Å². The molecule has 2 atom stereocenters. The lowest BCUT2D eigenvalue weighted by Crippen LogP contribution is -2.48. The normalized spacial score (nSPS) is 20.2. The number of morpholine rings is 1. The standard InChI is InChI=1S/C20H22N2O3/c1-14-12-22(13-15(2)25-14)20(24)17-9-6-10-18(11-17)21-19(23)16-7-4-3-5-8-16/h3-11,14-15H,12-13H2,1-2H3,(H,21,23). The highest BCUT2D eigenvalue weighted by molar-refractivity contribution is 6.05. The summed E-state index contributed by atoms with van der Waals surface area (Å²) in [5.41, 5.74) is 1.75. The number of carbonyl (C=O) groups excluding carboxylic acids is 2. The zero-order chi connectivity index (χ0) is 17.8. The van der Waals surface area contributed by atoms with Gasteiger partial charge < -0.3 is 15.0 Å². The van der Waals surface area contributed by atoms with Gasteiger partial charge in [0, 0.05) is 29.9 Å². The lowest BCUT2D eigenvalue weighted by Gasteiger charge is -2.35. The van der Waals surface area contributed by atoms with Gasteiger partial charge in [-0.25, -0.2) is 0 Å². The third-order valence-electron chi connectivity index (χ3n) is 4.11. The Morgan fingerprint density at radius 3 is 2.28 bits per heavy atom. The van der Waals surface area contributed by atoms with Gasteiger partial charge in [0.25, 0.3) is 11.8 Å². The van der Waals surface area contributed by atoms with Crippen molar-refractivity contribution in [3.8, 4) is 0 Å². The quantitative estimate of drug-likeness (QED) is 0.935. The van der Waals surface area contributed by atoms with Crippen molar-refractivity contribution in [1.82, 2.24) is 4.90 Å². The van der Waals surface area contributed by atoms with Crippen molar-refractivity contribution in [3.63, 3.8) is 0 Å². The molecule has 1 aliphatic rings. The van der Waals surface area contributed by atoms with Crippen LogP contribution in [0, 0.1) is 0 Å². The van der Waals surface area contributed by atoms with Crippen LogP contribution in [0.15, 0.2) is 54.6 Å². The third-order valence-corrected chi connectivity index (χ3v) is 4.11. The molecule has 2 aromatic rings. The summed E-state index contributed by atoms with van der Waals surface area (Å²) >= 11 is 0. The molecule has 1 fully saturated rings. The smallest absolute Gasteiger partial charge is 0.255 e. The Hall–Kier alpha value is -2.66. The molecule has 0 saturated carbocycles. The molecular formula is C20H22N2O3. The van der Waals surface area contributed by atoms with Crippen LogP contribution in [-0.2, 0) is 4.74 Å². The van der Waals surface area contributed by atoms with E-state index in [0.717, 1.165) is 0 Å². The summed E-state index contributed by atoms with van der Waals surface area (Å²) < 4.78 is 5.68. The minimum atomic E-state index is -0.196. The molecule has 130 valence electrons. The number of ether oxygens (including phenoxy) is 1. The van der Waals surface area contributed by atoms with Crippen molar-refractivity contribution in [2.75, 3.05) is 18.4 Å². The van der Waals surface area contributed by atoms with E-state index in [4.69, 9.17) is 4.74 Å². The minimum Gasteiger partial charge on any atom is -0.372 e. The van der Waals surface area contributed by atoms with E-state index < -0.39 is 0 Å². The van der Waals surface area contributed by atoms with E-state index in [2.05, 4.69) is 5.32 Å². The van der Waals surface area contributed by atoms with Crippen molar-refractivity contribution < 1.29 is 14.3 Å². The summed E-state index contributed by atoms with van der Waals surface area (Å²) in [6.07, 6.45) is 0.0438. The summed E-state index contributed by atoms with van der Waals surface area (Å²) in [6, 6.07) is 16.0. The Morgan fingerprint density at radius 1 is 0.960 bits per heavy atom. The SMILES string of the molecule is CC1CN(C(=O)c2cccc(NC(=O)c3ccccc3)c2)CC(C)O1. The first-order valence-corrected chi connectivity index (χ1v) is 8.44. The molecule has 0 radical (unpaired) electrons. The highest BCUT2D eigenvalue weighted by Crippen LogP contribution is 2.17. The summed E-state index contributed by atoms with van der Waals surface area (Å²) in [6.45, 7) is 5.08. The molecule has 2 aromatic carbocycles. The Morgan fingerprint density at radius 2 is 1.60 bits per heavy atom. The van der Waals surface area contributed by atoms with Crippen molar-refractivity contribution in [2.24, 2.45) is 0 Å². The van der Waals surface area contributed by atoms with Gasteiger partial charge in [-0.15, -0.1) is 0 Å². The average Bonchev–Trinajstić information content (AvgIpc) is 2.61. The first kappa shape index (κ1) is 17.2. The number of amides is 2. The van der Waals surface area contributed by atoms with Crippen LogP contribution in [-0.4, -0.2) is 42.0 Å². The molecule has 0 bridgehead atoms. The zero-order valence-corrected chi connectivity index (χ0v) is 14.4. The van der Waals surface area contributed by atoms with Crippen LogP contribution in [0.3, 0.4) is 0 Å². The molecule has 3 rings (SSSR count).